The molecule has 0 saturated carbocycles. The number of carbonyl (C=O) groups excluding carboxylic acids is 1. The fraction of sp³-hybridized carbons (Fsp3) is 0.192. The Morgan fingerprint density at radius 3 is 2.16 bits per heavy atom. The van der Waals surface area contributed by atoms with E-state index in [1.54, 1.807) is 43.0 Å². The highest BCUT2D eigenvalue weighted by Gasteiger charge is 1.97. The Morgan fingerprint density at radius 2 is 1.68 bits per heavy atom. The quantitative estimate of drug-likeness (QED) is 0.340. The first-order chi connectivity index (χ1) is 14.8. The lowest BCUT2D eigenvalue weighted by molar-refractivity contribution is -0.114. The van der Waals surface area contributed by atoms with Crippen molar-refractivity contribution in [1.29, 1.82) is 0 Å². The zero-order valence-electron chi connectivity index (χ0n) is 18.5. The Morgan fingerprint density at radius 1 is 1.06 bits per heavy atom. The predicted molar refractivity (Wildman–Crippen MR) is 136 cm³/mol. The number of thioether (sulfide) groups is 1. The zero-order valence-corrected chi connectivity index (χ0v) is 20.3. The number of benzene rings is 3. The van der Waals surface area contributed by atoms with Crippen molar-refractivity contribution in [3.63, 3.8) is 0 Å². The van der Waals surface area contributed by atoms with Crippen LogP contribution in [-0.4, -0.2) is 23.3 Å². The van der Waals surface area contributed by atoms with Crippen LogP contribution >= 0.6 is 20.3 Å². The lowest BCUT2D eigenvalue weighted by Crippen LogP contribution is -2.00. The number of rotatable bonds is 5. The summed E-state index contributed by atoms with van der Waals surface area (Å²) in [4.78, 5) is 11.8. The highest BCUT2D eigenvalue weighted by molar-refractivity contribution is 8.00. The van der Waals surface area contributed by atoms with Crippen molar-refractivity contribution in [2.24, 2.45) is 0 Å². The summed E-state index contributed by atoms with van der Waals surface area (Å²) in [6.07, 6.45) is 1.62. The zero-order chi connectivity index (χ0) is 23.2. The van der Waals surface area contributed by atoms with Crippen LogP contribution in [0.4, 0.5) is 4.39 Å². The highest BCUT2D eigenvalue weighted by Crippen LogP contribution is 2.18. The van der Waals surface area contributed by atoms with Crippen LogP contribution in [0.1, 0.15) is 23.6 Å². The molecule has 1 N–H and O–H groups in total. The number of hydrogen-bond donors (Lipinski definition) is 1. The van der Waals surface area contributed by atoms with E-state index in [-0.39, 0.29) is 17.3 Å². The van der Waals surface area contributed by atoms with E-state index in [4.69, 9.17) is 5.11 Å². The monoisotopic (exact) mass is 456 g/mol. The van der Waals surface area contributed by atoms with Gasteiger partial charge in [-0.25, -0.2) is 4.39 Å². The van der Waals surface area contributed by atoms with Crippen molar-refractivity contribution in [1.82, 2.24) is 0 Å². The molecule has 3 rings (SSSR count). The van der Waals surface area contributed by atoms with Gasteiger partial charge in [0, 0.05) is 15.8 Å². The van der Waals surface area contributed by atoms with Gasteiger partial charge in [-0.1, -0.05) is 68.8 Å². The summed E-state index contributed by atoms with van der Waals surface area (Å²) in [5.41, 5.74) is 3.16. The number of Topliss-reactive ketones (excluding diaryl/α,β-unsaturated/α-hetero) is 1. The van der Waals surface area contributed by atoms with Gasteiger partial charge in [-0.15, -0.1) is 11.8 Å². The lowest BCUT2D eigenvalue weighted by atomic mass is 10.2. The summed E-state index contributed by atoms with van der Waals surface area (Å²) in [5, 5.41) is 9.87. The average molecular weight is 457 g/mol. The number of aromatic hydroxyl groups is 1. The Balaban J connectivity index is 0.000000235. The number of phenols is 1. The number of carbonyl (C=O) groups is 1. The minimum absolute atomic E-state index is 0.0774. The van der Waals surface area contributed by atoms with E-state index < -0.39 is 0 Å². The van der Waals surface area contributed by atoms with Gasteiger partial charge in [-0.3, -0.25) is 4.79 Å². The molecule has 0 aliphatic carbocycles. The molecule has 0 aliphatic heterocycles. The maximum absolute atomic E-state index is 12.8. The van der Waals surface area contributed by atoms with Crippen LogP contribution in [0.15, 0.2) is 78.2 Å². The van der Waals surface area contributed by atoms with Crippen molar-refractivity contribution in [3.05, 3.63) is 95.8 Å². The molecular formula is C26H30FO2PS. The van der Waals surface area contributed by atoms with E-state index in [0.717, 1.165) is 21.3 Å². The van der Waals surface area contributed by atoms with Gasteiger partial charge in [0.2, 0.25) is 0 Å². The van der Waals surface area contributed by atoms with Crippen LogP contribution in [0.25, 0.3) is 6.08 Å². The predicted octanol–water partition coefficient (Wildman–Crippen LogP) is 6.78. The van der Waals surface area contributed by atoms with Crippen molar-refractivity contribution in [2.75, 3.05) is 12.4 Å². The second-order valence-electron chi connectivity index (χ2n) is 6.80. The molecule has 2 nitrogen and oxygen atoms in total. The molecule has 0 fully saturated rings. The van der Waals surface area contributed by atoms with Crippen LogP contribution < -0.4 is 5.30 Å². The van der Waals surface area contributed by atoms with E-state index in [1.807, 2.05) is 43.9 Å². The molecule has 0 spiro atoms. The minimum Gasteiger partial charge on any atom is -0.507 e. The molecule has 3 aromatic rings. The van der Waals surface area contributed by atoms with E-state index >= 15 is 0 Å². The van der Waals surface area contributed by atoms with Gasteiger partial charge < -0.3 is 5.11 Å². The van der Waals surface area contributed by atoms with Gasteiger partial charge in [0.15, 0.2) is 0 Å². The average Bonchev–Trinajstić information content (AvgIpc) is 2.76. The largest absolute Gasteiger partial charge is 0.507 e. The van der Waals surface area contributed by atoms with Gasteiger partial charge >= 0.3 is 0 Å². The summed E-state index contributed by atoms with van der Waals surface area (Å²) < 4.78 is 12.8. The molecule has 164 valence electrons. The number of aryl methyl sites for hydroxylation is 2. The van der Waals surface area contributed by atoms with Gasteiger partial charge in [0.1, 0.15) is 17.3 Å². The molecule has 0 heterocycles. The summed E-state index contributed by atoms with van der Waals surface area (Å²) in [7, 11) is 0.550. The summed E-state index contributed by atoms with van der Waals surface area (Å²) in [6.45, 7) is 11.2. The normalized spacial score (nSPS) is 9.97. The first kappa shape index (κ1) is 26.6. The van der Waals surface area contributed by atoms with Crippen LogP contribution in [0.2, 0.25) is 0 Å². The van der Waals surface area contributed by atoms with Gasteiger partial charge in [0.05, 0.1) is 5.75 Å². The summed E-state index contributed by atoms with van der Waals surface area (Å²) in [6, 6.07) is 20.5. The van der Waals surface area contributed by atoms with E-state index in [1.165, 1.54) is 11.6 Å². The Labute approximate surface area is 191 Å². The first-order valence-corrected chi connectivity index (χ1v) is 12.3. The smallest absolute Gasteiger partial charge is 0.140 e. The van der Waals surface area contributed by atoms with Crippen molar-refractivity contribution in [3.8, 4) is 5.75 Å². The molecule has 1 atom stereocenters. The molecule has 0 saturated heterocycles. The van der Waals surface area contributed by atoms with Gasteiger partial charge in [-0.05, 0) is 57.8 Å². The Kier molecular flexibility index (Phi) is 12.5. The van der Waals surface area contributed by atoms with Crippen molar-refractivity contribution < 1.29 is 14.3 Å². The third-order valence-electron chi connectivity index (χ3n) is 4.01. The molecule has 0 amide bonds. The standard InChI is InChI=1S/C10H12OS.C8H10FP.C8H8O/c1-8-3-5-10(6-4-8)12-7-9(2)11;1-6-3-4-7(9)8(5-6)10-2;1-2-7-5-3-4-6-8(7)9/h3-6H,7H2,1-2H3;3-5,10H,1-2H3;2-6,9H,1H2. The van der Waals surface area contributed by atoms with Crippen LogP contribution in [-0.2, 0) is 4.79 Å². The maximum atomic E-state index is 12.8. The Hall–Kier alpha value is -2.42. The molecule has 31 heavy (non-hydrogen) atoms. The maximum Gasteiger partial charge on any atom is 0.140 e. The van der Waals surface area contributed by atoms with E-state index in [0.29, 0.717) is 14.3 Å². The Bertz CT molecular complexity index is 971. The molecular weight excluding hydrogens is 426 g/mol. The van der Waals surface area contributed by atoms with Crippen LogP contribution in [0.3, 0.4) is 0 Å². The van der Waals surface area contributed by atoms with Crippen LogP contribution in [0.5, 0.6) is 5.75 Å². The van der Waals surface area contributed by atoms with Crippen LogP contribution in [0, 0.1) is 19.7 Å². The molecule has 0 radical (unpaired) electrons. The SMILES string of the molecule is C=Cc1ccccc1O.CC(=O)CSc1ccc(C)cc1.CPc1cc(C)ccc1F. The summed E-state index contributed by atoms with van der Waals surface area (Å²) >= 11 is 1.59. The van der Waals surface area contributed by atoms with Gasteiger partial charge in [0.25, 0.3) is 0 Å². The topological polar surface area (TPSA) is 37.3 Å². The van der Waals surface area contributed by atoms with E-state index in [9.17, 15) is 9.18 Å². The second kappa shape index (κ2) is 14.6. The number of halogens is 1. The fourth-order valence-electron chi connectivity index (χ4n) is 2.31. The molecule has 1 unspecified atom stereocenters. The number of ketones is 1. The van der Waals surface area contributed by atoms with Gasteiger partial charge in [-0.2, -0.15) is 0 Å². The highest BCUT2D eigenvalue weighted by atomic mass is 32.2. The van der Waals surface area contributed by atoms with E-state index in [2.05, 4.69) is 25.6 Å². The molecule has 0 aromatic heterocycles. The molecule has 3 aromatic carbocycles. The molecule has 5 heteroatoms. The number of phenolic OH excluding ortho intramolecular Hbond substituents is 1. The third kappa shape index (κ3) is 11.0. The summed E-state index contributed by atoms with van der Waals surface area (Å²) in [5.74, 6) is 1.00. The molecule has 0 bridgehead atoms. The number of hydrogen-bond acceptors (Lipinski definition) is 3. The van der Waals surface area contributed by atoms with Crippen molar-refractivity contribution in [2.45, 2.75) is 25.7 Å². The molecule has 0 aliphatic rings. The first-order valence-electron chi connectivity index (χ1n) is 9.80. The fourth-order valence-corrected chi connectivity index (χ4v) is 3.70. The second-order valence-corrected chi connectivity index (χ2v) is 8.89. The minimum atomic E-state index is -0.0774. The van der Waals surface area contributed by atoms with Crippen molar-refractivity contribution >= 4 is 37.5 Å². The number of para-hydroxylation sites is 1. The lowest BCUT2D eigenvalue weighted by Gasteiger charge is -1.99. The third-order valence-corrected chi connectivity index (χ3v) is 6.09.